The molecular formula is C22H29N6O8P. The fourth-order valence-electron chi connectivity index (χ4n) is 3.89. The standard InChI is InChI=1S/C22H29N6O8P/c1-4-33-22(31)12(2)27-37(32,36-14-8-6-5-7-9-14)35-13(3)18-16(29)17(30)21(34-18)28-11-26-15-19(23)24-10-25-20(15)28/h5-13,16-18,21,29-30H,4H2,1-3H3,(H,27,32)(H2,23,24,25)/t12-,13-,16-,17+,18+,21+,37?/m0/s1. The molecule has 5 N–H and O–H groups in total. The highest BCUT2D eigenvalue weighted by Gasteiger charge is 2.49. The number of esters is 1. The Kier molecular flexibility index (Phi) is 8.07. The number of anilines is 1. The summed E-state index contributed by atoms with van der Waals surface area (Å²) in [5, 5.41) is 24.1. The minimum atomic E-state index is -4.24. The molecule has 0 aliphatic carbocycles. The molecule has 0 radical (unpaired) electrons. The number of fused-ring (bicyclic) bond motifs is 1. The molecule has 3 heterocycles. The number of nitrogens with two attached hydrogens (primary N) is 1. The fraction of sp³-hybridized carbons (Fsp3) is 0.455. The molecule has 200 valence electrons. The molecule has 14 nitrogen and oxygen atoms in total. The number of benzene rings is 1. The molecule has 1 aromatic carbocycles. The largest absolute Gasteiger partial charge is 0.465 e. The van der Waals surface area contributed by atoms with Gasteiger partial charge in [-0.25, -0.2) is 19.5 Å². The van der Waals surface area contributed by atoms with Gasteiger partial charge in [-0.15, -0.1) is 0 Å². The summed E-state index contributed by atoms with van der Waals surface area (Å²) in [7, 11) is -4.24. The number of imidazole rings is 1. The number of aliphatic hydroxyl groups excluding tert-OH is 2. The summed E-state index contributed by atoms with van der Waals surface area (Å²) in [5.74, 6) is -0.295. The monoisotopic (exact) mass is 536 g/mol. The van der Waals surface area contributed by atoms with E-state index in [4.69, 9.17) is 24.3 Å². The molecule has 7 atom stereocenters. The van der Waals surface area contributed by atoms with E-state index in [0.29, 0.717) is 11.2 Å². The molecule has 37 heavy (non-hydrogen) atoms. The van der Waals surface area contributed by atoms with Crippen LogP contribution in [0.3, 0.4) is 0 Å². The number of nitrogens with one attached hydrogen (secondary N) is 1. The van der Waals surface area contributed by atoms with E-state index in [0.717, 1.165) is 0 Å². The van der Waals surface area contributed by atoms with Gasteiger partial charge in [-0.3, -0.25) is 13.9 Å². The van der Waals surface area contributed by atoms with Gasteiger partial charge in [0.2, 0.25) is 0 Å². The van der Waals surface area contributed by atoms with Crippen LogP contribution in [-0.2, 0) is 23.4 Å². The molecule has 2 aromatic heterocycles. The summed E-state index contributed by atoms with van der Waals surface area (Å²) in [5.41, 5.74) is 6.43. The molecule has 0 spiro atoms. The number of carbonyl (C=O) groups is 1. The molecule has 1 saturated heterocycles. The summed E-state index contributed by atoms with van der Waals surface area (Å²) in [6, 6.07) is 7.18. The van der Waals surface area contributed by atoms with E-state index in [2.05, 4.69) is 20.0 Å². The van der Waals surface area contributed by atoms with Gasteiger partial charge >= 0.3 is 13.7 Å². The molecular weight excluding hydrogens is 507 g/mol. The Hall–Kier alpha value is -3.13. The van der Waals surface area contributed by atoms with Gasteiger partial charge in [0.15, 0.2) is 17.7 Å². The van der Waals surface area contributed by atoms with Crippen LogP contribution in [0, 0.1) is 0 Å². The lowest BCUT2D eigenvalue weighted by atomic mass is 10.1. The number of nitrogen functional groups attached to an aromatic ring is 1. The number of ether oxygens (including phenoxy) is 2. The lowest BCUT2D eigenvalue weighted by molar-refractivity contribution is -0.144. The van der Waals surface area contributed by atoms with Crippen molar-refractivity contribution in [2.45, 2.75) is 57.5 Å². The Morgan fingerprint density at radius 1 is 1.22 bits per heavy atom. The molecule has 1 fully saturated rings. The third-order valence-electron chi connectivity index (χ3n) is 5.66. The fourth-order valence-corrected chi connectivity index (χ4v) is 5.59. The normalized spacial score (nSPS) is 24.9. The molecule has 1 unspecified atom stereocenters. The van der Waals surface area contributed by atoms with Gasteiger partial charge in [-0.1, -0.05) is 18.2 Å². The van der Waals surface area contributed by atoms with Gasteiger partial charge in [-0.05, 0) is 32.9 Å². The van der Waals surface area contributed by atoms with Crippen LogP contribution in [-0.4, -0.2) is 72.8 Å². The summed E-state index contributed by atoms with van der Waals surface area (Å²) in [6.07, 6.45) is -3.59. The predicted octanol–water partition coefficient (Wildman–Crippen LogP) is 1.16. The first-order chi connectivity index (χ1) is 17.6. The van der Waals surface area contributed by atoms with Crippen molar-refractivity contribution in [2.24, 2.45) is 0 Å². The zero-order valence-electron chi connectivity index (χ0n) is 20.4. The van der Waals surface area contributed by atoms with E-state index in [1.54, 1.807) is 37.3 Å². The quantitative estimate of drug-likeness (QED) is 0.213. The van der Waals surface area contributed by atoms with Crippen LogP contribution in [0.25, 0.3) is 11.2 Å². The van der Waals surface area contributed by atoms with Crippen molar-refractivity contribution in [3.05, 3.63) is 43.0 Å². The number of aromatic nitrogens is 4. The third kappa shape index (κ3) is 5.74. The molecule has 3 aromatic rings. The number of para-hydroxylation sites is 1. The Bertz CT molecular complexity index is 1280. The van der Waals surface area contributed by atoms with Crippen molar-refractivity contribution >= 4 is 30.7 Å². The minimum absolute atomic E-state index is 0.132. The number of hydrogen-bond donors (Lipinski definition) is 4. The van der Waals surface area contributed by atoms with Gasteiger partial charge < -0.3 is 29.9 Å². The second-order valence-electron chi connectivity index (χ2n) is 8.37. The first kappa shape index (κ1) is 26.9. The molecule has 4 rings (SSSR count). The van der Waals surface area contributed by atoms with Crippen molar-refractivity contribution in [1.29, 1.82) is 0 Å². The first-order valence-corrected chi connectivity index (χ1v) is 13.1. The average Bonchev–Trinajstić information content (AvgIpc) is 3.41. The molecule has 0 bridgehead atoms. The van der Waals surface area contributed by atoms with Crippen LogP contribution in [0.1, 0.15) is 27.0 Å². The number of rotatable bonds is 10. The van der Waals surface area contributed by atoms with Gasteiger partial charge in [0.1, 0.15) is 41.9 Å². The lowest BCUT2D eigenvalue weighted by Crippen LogP contribution is -2.41. The van der Waals surface area contributed by atoms with Gasteiger partial charge in [0.25, 0.3) is 0 Å². The van der Waals surface area contributed by atoms with Gasteiger partial charge in [0, 0.05) is 0 Å². The van der Waals surface area contributed by atoms with Crippen molar-refractivity contribution in [3.8, 4) is 5.75 Å². The van der Waals surface area contributed by atoms with Gasteiger partial charge in [0.05, 0.1) is 19.0 Å². The Morgan fingerprint density at radius 3 is 2.65 bits per heavy atom. The maximum absolute atomic E-state index is 13.8. The van der Waals surface area contributed by atoms with Crippen LogP contribution >= 0.6 is 7.75 Å². The van der Waals surface area contributed by atoms with E-state index in [-0.39, 0.29) is 18.2 Å². The zero-order chi connectivity index (χ0) is 26.7. The van der Waals surface area contributed by atoms with E-state index in [9.17, 15) is 19.6 Å². The van der Waals surface area contributed by atoms with Crippen LogP contribution in [0.2, 0.25) is 0 Å². The van der Waals surface area contributed by atoms with E-state index in [1.807, 2.05) is 0 Å². The SMILES string of the molecule is CCOC(=O)[C@H](C)NP(=O)(Oc1ccccc1)O[C@@H](C)[C@H]1O[C@@H](n2cnc3c(N)ncnc32)[C@H](O)[C@@H]1O. The Labute approximate surface area is 212 Å². The number of hydrogen-bond acceptors (Lipinski definition) is 12. The van der Waals surface area contributed by atoms with Crippen molar-refractivity contribution < 1.29 is 38.1 Å². The maximum atomic E-state index is 13.8. The topological polar surface area (TPSA) is 193 Å². The van der Waals surface area contributed by atoms with Crippen LogP contribution in [0.5, 0.6) is 5.75 Å². The van der Waals surface area contributed by atoms with Crippen LogP contribution in [0.15, 0.2) is 43.0 Å². The van der Waals surface area contributed by atoms with E-state index in [1.165, 1.54) is 31.1 Å². The van der Waals surface area contributed by atoms with Crippen molar-refractivity contribution in [1.82, 2.24) is 24.6 Å². The lowest BCUT2D eigenvalue weighted by Gasteiger charge is -2.28. The maximum Gasteiger partial charge on any atom is 0.459 e. The smallest absolute Gasteiger partial charge is 0.459 e. The summed E-state index contributed by atoms with van der Waals surface area (Å²) >= 11 is 0. The number of carbonyl (C=O) groups excluding carboxylic acids is 1. The molecule has 0 saturated carbocycles. The summed E-state index contributed by atoms with van der Waals surface area (Å²) in [6.45, 7) is 4.72. The third-order valence-corrected chi connectivity index (χ3v) is 7.43. The van der Waals surface area contributed by atoms with Crippen LogP contribution in [0.4, 0.5) is 5.82 Å². The highest BCUT2D eigenvalue weighted by atomic mass is 31.2. The Morgan fingerprint density at radius 2 is 1.95 bits per heavy atom. The summed E-state index contributed by atoms with van der Waals surface area (Å²) < 4.78 is 37.5. The second-order valence-corrected chi connectivity index (χ2v) is 10.0. The van der Waals surface area contributed by atoms with Crippen molar-refractivity contribution in [3.63, 3.8) is 0 Å². The predicted molar refractivity (Wildman–Crippen MR) is 130 cm³/mol. The second kappa shape index (κ2) is 11.1. The Balaban J connectivity index is 1.55. The minimum Gasteiger partial charge on any atom is -0.465 e. The van der Waals surface area contributed by atoms with Crippen molar-refractivity contribution in [2.75, 3.05) is 12.3 Å². The van der Waals surface area contributed by atoms with Gasteiger partial charge in [-0.2, -0.15) is 5.09 Å². The average molecular weight is 536 g/mol. The first-order valence-electron chi connectivity index (χ1n) is 11.6. The zero-order valence-corrected chi connectivity index (χ0v) is 21.3. The molecule has 1 aliphatic rings. The summed E-state index contributed by atoms with van der Waals surface area (Å²) in [4.78, 5) is 24.3. The van der Waals surface area contributed by atoms with Crippen LogP contribution < -0.4 is 15.3 Å². The van der Waals surface area contributed by atoms with E-state index >= 15 is 0 Å². The number of nitrogens with zero attached hydrogens (tertiary/aromatic N) is 4. The highest BCUT2D eigenvalue weighted by Crippen LogP contribution is 2.48. The van der Waals surface area contributed by atoms with E-state index < -0.39 is 50.4 Å². The number of aliphatic hydroxyl groups is 2. The highest BCUT2D eigenvalue weighted by molar-refractivity contribution is 7.52. The molecule has 0 amide bonds. The molecule has 1 aliphatic heterocycles. The molecule has 15 heteroatoms.